The van der Waals surface area contributed by atoms with E-state index in [0.29, 0.717) is 0 Å². The Balaban J connectivity index is 3.18. The van der Waals surface area contributed by atoms with Crippen LogP contribution in [0.25, 0.3) is 0 Å². The number of carboxylic acid groups (broad SMARTS) is 1. The maximum Gasteiger partial charge on any atom is 0.490 e. The Morgan fingerprint density at radius 2 is 2.07 bits per heavy atom. The number of nitrogens with one attached hydrogen (secondary N) is 1. The van der Waals surface area contributed by atoms with Gasteiger partial charge in [0.15, 0.2) is 0 Å². The van der Waals surface area contributed by atoms with Crippen LogP contribution in [-0.4, -0.2) is 28.2 Å². The van der Waals surface area contributed by atoms with Gasteiger partial charge in [-0.25, -0.2) is 4.79 Å². The number of nitrogen functional groups attached to an aromatic ring is 1. The number of carbonyl (C=O) groups is 1. The van der Waals surface area contributed by atoms with Gasteiger partial charge in [0.25, 0.3) is 0 Å². The highest BCUT2D eigenvalue weighted by molar-refractivity contribution is 6.60. The molecule has 0 saturated heterocycles. The van der Waals surface area contributed by atoms with Crippen LogP contribution in [0.1, 0.15) is 10.4 Å². The zero-order chi connectivity index (χ0) is 10.7. The normalized spacial score (nSPS) is 9.64. The number of rotatable bonds is 3. The van der Waals surface area contributed by atoms with Crippen molar-refractivity contribution in [2.45, 2.75) is 0 Å². The number of aromatic carboxylic acids is 1. The smallest absolute Gasteiger partial charge is 0.478 e. The van der Waals surface area contributed by atoms with E-state index in [0.717, 1.165) is 0 Å². The molecular weight excluding hydrogens is 187 g/mol. The van der Waals surface area contributed by atoms with Crippen molar-refractivity contribution in [3.05, 3.63) is 23.8 Å². The van der Waals surface area contributed by atoms with Crippen LogP contribution in [0.5, 0.6) is 0 Å². The average Bonchev–Trinajstić information content (AvgIpc) is 2.16. The van der Waals surface area contributed by atoms with Crippen molar-refractivity contribution in [1.29, 1.82) is 0 Å². The van der Waals surface area contributed by atoms with E-state index in [9.17, 15) is 4.79 Å². The lowest BCUT2D eigenvalue weighted by Crippen LogP contribution is -2.33. The highest BCUT2D eigenvalue weighted by Crippen LogP contribution is 2.07. The van der Waals surface area contributed by atoms with Crippen molar-refractivity contribution in [3.63, 3.8) is 0 Å². The summed E-state index contributed by atoms with van der Waals surface area (Å²) in [6.07, 6.45) is 0. The van der Waals surface area contributed by atoms with Gasteiger partial charge in [0, 0.05) is 11.2 Å². The van der Waals surface area contributed by atoms with E-state index in [2.05, 4.69) is 5.43 Å². The molecule has 0 radical (unpaired) electrons. The third kappa shape index (κ3) is 2.02. The van der Waals surface area contributed by atoms with Crippen LogP contribution in [0.15, 0.2) is 18.2 Å². The van der Waals surface area contributed by atoms with Crippen LogP contribution in [0, 0.1) is 0 Å². The first-order valence-corrected chi connectivity index (χ1v) is 3.76. The topological polar surface area (TPSA) is 116 Å². The van der Waals surface area contributed by atoms with Gasteiger partial charge < -0.3 is 20.6 Å². The third-order valence-corrected chi connectivity index (χ3v) is 1.73. The summed E-state index contributed by atoms with van der Waals surface area (Å²) in [5.41, 5.74) is 2.49. The van der Waals surface area contributed by atoms with E-state index in [1.807, 2.05) is 0 Å². The molecule has 6 nitrogen and oxygen atoms in total. The molecule has 0 aromatic heterocycles. The summed E-state index contributed by atoms with van der Waals surface area (Å²) in [6, 6.07) is 3.76. The molecule has 0 aliphatic heterocycles. The average molecular weight is 196 g/mol. The Hall–Kier alpha value is -1.57. The molecule has 0 bridgehead atoms. The molecule has 0 amide bonds. The van der Waals surface area contributed by atoms with Crippen LogP contribution in [-0.2, 0) is 0 Å². The number of carboxylic acids is 1. The van der Waals surface area contributed by atoms with E-state index in [1.54, 1.807) is 0 Å². The maximum absolute atomic E-state index is 10.6. The SMILES string of the molecule is NNc1cc(C(=O)O)ccc1B(O)O. The van der Waals surface area contributed by atoms with Crippen molar-refractivity contribution < 1.29 is 19.9 Å². The fourth-order valence-electron chi connectivity index (χ4n) is 1.04. The Kier molecular flexibility index (Phi) is 3.08. The summed E-state index contributed by atoms with van der Waals surface area (Å²) in [4.78, 5) is 10.6. The van der Waals surface area contributed by atoms with Gasteiger partial charge in [-0.3, -0.25) is 5.84 Å². The molecule has 0 unspecified atom stereocenters. The summed E-state index contributed by atoms with van der Waals surface area (Å²) in [5, 5.41) is 26.4. The number of nitrogens with two attached hydrogens (primary N) is 1. The first-order chi connectivity index (χ1) is 6.56. The van der Waals surface area contributed by atoms with Crippen LogP contribution >= 0.6 is 0 Å². The molecule has 0 spiro atoms. The molecule has 74 valence electrons. The largest absolute Gasteiger partial charge is 0.490 e. The standard InChI is InChI=1S/C7H9BN2O4/c9-10-6-3-4(7(11)12)1-2-5(6)8(13)14/h1-3,10,13-14H,9H2,(H,11,12). The van der Waals surface area contributed by atoms with Crippen LogP contribution in [0.3, 0.4) is 0 Å². The Morgan fingerprint density at radius 3 is 2.50 bits per heavy atom. The van der Waals surface area contributed by atoms with E-state index >= 15 is 0 Å². The molecule has 1 aromatic rings. The third-order valence-electron chi connectivity index (χ3n) is 1.73. The molecule has 0 fully saturated rings. The molecule has 6 N–H and O–H groups in total. The fourth-order valence-corrected chi connectivity index (χ4v) is 1.04. The van der Waals surface area contributed by atoms with Gasteiger partial charge in [-0.05, 0) is 12.1 Å². The van der Waals surface area contributed by atoms with E-state index in [1.165, 1.54) is 18.2 Å². The van der Waals surface area contributed by atoms with Gasteiger partial charge in [0.05, 0.1) is 5.56 Å². The van der Waals surface area contributed by atoms with Gasteiger partial charge in [0.2, 0.25) is 0 Å². The molecule has 0 saturated carbocycles. The molecule has 0 aliphatic rings. The molecular formula is C7H9BN2O4. The zero-order valence-corrected chi connectivity index (χ0v) is 7.14. The van der Waals surface area contributed by atoms with Gasteiger partial charge in [-0.15, -0.1) is 0 Å². The predicted molar refractivity (Wildman–Crippen MR) is 51.0 cm³/mol. The van der Waals surface area contributed by atoms with Gasteiger partial charge >= 0.3 is 13.1 Å². The second-order valence-electron chi connectivity index (χ2n) is 2.63. The lowest BCUT2D eigenvalue weighted by molar-refractivity contribution is 0.0697. The van der Waals surface area contributed by atoms with Crippen LogP contribution < -0.4 is 16.7 Å². The quantitative estimate of drug-likeness (QED) is 0.224. The van der Waals surface area contributed by atoms with E-state index in [-0.39, 0.29) is 16.7 Å². The van der Waals surface area contributed by atoms with Crippen molar-refractivity contribution >= 4 is 24.2 Å². The van der Waals surface area contributed by atoms with Crippen LogP contribution in [0.4, 0.5) is 5.69 Å². The van der Waals surface area contributed by atoms with Crippen molar-refractivity contribution in [3.8, 4) is 0 Å². The summed E-state index contributed by atoms with van der Waals surface area (Å²) >= 11 is 0. The highest BCUT2D eigenvalue weighted by atomic mass is 16.4. The molecule has 1 aromatic carbocycles. The monoisotopic (exact) mass is 196 g/mol. The van der Waals surface area contributed by atoms with Crippen molar-refractivity contribution in [2.24, 2.45) is 5.84 Å². The summed E-state index contributed by atoms with van der Waals surface area (Å²) < 4.78 is 0. The highest BCUT2D eigenvalue weighted by Gasteiger charge is 2.17. The van der Waals surface area contributed by atoms with Gasteiger partial charge in [-0.2, -0.15) is 0 Å². The molecule has 14 heavy (non-hydrogen) atoms. The Morgan fingerprint density at radius 1 is 1.43 bits per heavy atom. The number of hydrazine groups is 1. The minimum atomic E-state index is -1.69. The minimum Gasteiger partial charge on any atom is -0.478 e. The number of hydrogen-bond acceptors (Lipinski definition) is 5. The molecule has 0 atom stereocenters. The van der Waals surface area contributed by atoms with Crippen LogP contribution in [0.2, 0.25) is 0 Å². The number of hydrogen-bond donors (Lipinski definition) is 5. The Labute approximate surface area is 80.1 Å². The Bertz CT molecular complexity index is 356. The maximum atomic E-state index is 10.6. The second kappa shape index (κ2) is 4.10. The van der Waals surface area contributed by atoms with Crippen molar-refractivity contribution in [2.75, 3.05) is 5.43 Å². The lowest BCUT2D eigenvalue weighted by atomic mass is 9.78. The molecule has 1 rings (SSSR count). The van der Waals surface area contributed by atoms with E-state index < -0.39 is 13.1 Å². The fraction of sp³-hybridized carbons (Fsp3) is 0. The van der Waals surface area contributed by atoms with Gasteiger partial charge in [-0.1, -0.05) is 6.07 Å². The zero-order valence-electron chi connectivity index (χ0n) is 7.14. The minimum absolute atomic E-state index is 0.0161. The van der Waals surface area contributed by atoms with Crippen molar-refractivity contribution in [1.82, 2.24) is 0 Å². The second-order valence-corrected chi connectivity index (χ2v) is 2.63. The summed E-state index contributed by atoms with van der Waals surface area (Å²) in [7, 11) is -1.69. The molecule has 0 aliphatic carbocycles. The summed E-state index contributed by atoms with van der Waals surface area (Å²) in [5.74, 6) is 3.98. The first-order valence-electron chi connectivity index (χ1n) is 3.76. The summed E-state index contributed by atoms with van der Waals surface area (Å²) in [6.45, 7) is 0. The first kappa shape index (κ1) is 10.5. The van der Waals surface area contributed by atoms with E-state index in [4.69, 9.17) is 21.0 Å². The number of anilines is 1. The molecule has 0 heterocycles. The lowest BCUT2D eigenvalue weighted by Gasteiger charge is -2.08. The molecule has 7 heteroatoms. The predicted octanol–water partition coefficient (Wildman–Crippen LogP) is -1.65. The number of benzene rings is 1. The van der Waals surface area contributed by atoms with Gasteiger partial charge in [0.1, 0.15) is 0 Å².